The summed E-state index contributed by atoms with van der Waals surface area (Å²) in [6, 6.07) is 9.50. The smallest absolute Gasteiger partial charge is 0.230 e. The molecule has 4 rings (SSSR count). The lowest BCUT2D eigenvalue weighted by Crippen LogP contribution is -2.15. The second-order valence-corrected chi connectivity index (χ2v) is 7.46. The Kier molecular flexibility index (Phi) is 5.25. The maximum atomic E-state index is 12.6. The Hall–Kier alpha value is -2.93. The summed E-state index contributed by atoms with van der Waals surface area (Å²) in [5, 5.41) is 5.64. The Morgan fingerprint density at radius 1 is 1.39 bits per heavy atom. The van der Waals surface area contributed by atoms with Gasteiger partial charge in [0.2, 0.25) is 5.91 Å². The van der Waals surface area contributed by atoms with E-state index < -0.39 is 0 Å². The average molecular weight is 395 g/mol. The van der Waals surface area contributed by atoms with E-state index in [0.29, 0.717) is 23.7 Å². The van der Waals surface area contributed by atoms with Crippen LogP contribution in [0.2, 0.25) is 0 Å². The van der Waals surface area contributed by atoms with Crippen LogP contribution >= 0.6 is 11.3 Å². The third-order valence-electron chi connectivity index (χ3n) is 4.35. The molecule has 1 aliphatic rings. The van der Waals surface area contributed by atoms with Crippen LogP contribution < -0.4 is 14.8 Å². The normalized spacial score (nSPS) is 15.0. The van der Waals surface area contributed by atoms with Crippen LogP contribution in [0.1, 0.15) is 25.1 Å². The number of nitrogens with one attached hydrogen (secondary N) is 1. The van der Waals surface area contributed by atoms with Gasteiger partial charge >= 0.3 is 0 Å². The van der Waals surface area contributed by atoms with E-state index in [1.807, 2.05) is 49.6 Å². The van der Waals surface area contributed by atoms with Gasteiger partial charge in [-0.25, -0.2) is 4.98 Å². The number of pyridine rings is 1. The van der Waals surface area contributed by atoms with E-state index in [0.717, 1.165) is 28.4 Å². The molecule has 6 nitrogen and oxygen atoms in total. The molecular weight excluding hydrogens is 374 g/mol. The van der Waals surface area contributed by atoms with Gasteiger partial charge in [-0.05, 0) is 32.0 Å². The fraction of sp³-hybridized carbons (Fsp3) is 0.286. The predicted molar refractivity (Wildman–Crippen MR) is 109 cm³/mol. The molecule has 0 saturated heterocycles. The van der Waals surface area contributed by atoms with Crippen LogP contribution in [-0.4, -0.2) is 28.6 Å². The average Bonchev–Trinajstić information content (AvgIpc) is 3.28. The first-order valence-electron chi connectivity index (χ1n) is 9.24. The molecule has 1 aliphatic heterocycles. The first kappa shape index (κ1) is 18.4. The predicted octanol–water partition coefficient (Wildman–Crippen LogP) is 4.11. The number of benzene rings is 1. The molecule has 0 aliphatic carbocycles. The largest absolute Gasteiger partial charge is 0.492 e. The summed E-state index contributed by atoms with van der Waals surface area (Å²) < 4.78 is 11.5. The van der Waals surface area contributed by atoms with Crippen LogP contribution in [0.25, 0.3) is 10.7 Å². The van der Waals surface area contributed by atoms with Crippen LogP contribution in [0.5, 0.6) is 11.5 Å². The molecule has 7 heteroatoms. The third-order valence-corrected chi connectivity index (χ3v) is 5.26. The van der Waals surface area contributed by atoms with Crippen molar-refractivity contribution in [1.29, 1.82) is 0 Å². The van der Waals surface area contributed by atoms with E-state index in [9.17, 15) is 4.79 Å². The number of nitrogens with zero attached hydrogens (tertiary/aromatic N) is 2. The summed E-state index contributed by atoms with van der Waals surface area (Å²) in [5.74, 6) is 1.32. The molecule has 1 aromatic carbocycles. The van der Waals surface area contributed by atoms with E-state index in [-0.39, 0.29) is 18.4 Å². The standard InChI is InChI=1S/C21H21N3O3S/c1-3-26-19-9-14-8-13(2)27-18(14)11-17(19)24-20(25)10-15-12-28-21(23-15)16-6-4-5-7-22-16/h4-7,9,11-13H,3,8,10H2,1-2H3,(H,24,25). The molecule has 1 amide bonds. The number of amides is 1. The number of thiazole rings is 1. The van der Waals surface area contributed by atoms with E-state index in [4.69, 9.17) is 9.47 Å². The lowest BCUT2D eigenvalue weighted by atomic mass is 10.1. The van der Waals surface area contributed by atoms with Crippen LogP contribution in [0.15, 0.2) is 41.9 Å². The maximum Gasteiger partial charge on any atom is 0.230 e. The van der Waals surface area contributed by atoms with Crippen molar-refractivity contribution in [2.45, 2.75) is 32.8 Å². The lowest BCUT2D eigenvalue weighted by Gasteiger charge is -2.13. The molecule has 1 atom stereocenters. The highest BCUT2D eigenvalue weighted by Crippen LogP contribution is 2.38. The highest BCUT2D eigenvalue weighted by atomic mass is 32.1. The van der Waals surface area contributed by atoms with Gasteiger partial charge in [0.05, 0.1) is 30.1 Å². The van der Waals surface area contributed by atoms with Crippen molar-refractivity contribution >= 4 is 22.9 Å². The summed E-state index contributed by atoms with van der Waals surface area (Å²) in [7, 11) is 0. The van der Waals surface area contributed by atoms with Crippen molar-refractivity contribution in [3.8, 4) is 22.2 Å². The highest BCUT2D eigenvalue weighted by molar-refractivity contribution is 7.13. The number of carbonyl (C=O) groups is 1. The minimum Gasteiger partial charge on any atom is -0.492 e. The number of ether oxygens (including phenoxy) is 2. The van der Waals surface area contributed by atoms with E-state index in [1.165, 1.54) is 11.3 Å². The molecule has 1 N–H and O–H groups in total. The van der Waals surface area contributed by atoms with Crippen molar-refractivity contribution in [3.63, 3.8) is 0 Å². The fourth-order valence-corrected chi connectivity index (χ4v) is 3.96. The van der Waals surface area contributed by atoms with Gasteiger partial charge in [0.1, 0.15) is 22.6 Å². The Balaban J connectivity index is 1.48. The van der Waals surface area contributed by atoms with E-state index in [2.05, 4.69) is 15.3 Å². The zero-order valence-corrected chi connectivity index (χ0v) is 16.6. The summed E-state index contributed by atoms with van der Waals surface area (Å²) in [6.45, 7) is 4.48. The quantitative estimate of drug-likeness (QED) is 0.680. The summed E-state index contributed by atoms with van der Waals surface area (Å²) in [4.78, 5) is 21.4. The molecule has 28 heavy (non-hydrogen) atoms. The number of aromatic nitrogens is 2. The maximum absolute atomic E-state index is 12.6. The SMILES string of the molecule is CCOc1cc2c(cc1NC(=O)Cc1csc(-c3ccccn3)n1)OC(C)C2. The van der Waals surface area contributed by atoms with Gasteiger partial charge < -0.3 is 14.8 Å². The van der Waals surface area contributed by atoms with E-state index in [1.54, 1.807) is 6.20 Å². The Morgan fingerprint density at radius 2 is 2.29 bits per heavy atom. The topological polar surface area (TPSA) is 73.3 Å². The molecule has 144 valence electrons. The molecule has 0 spiro atoms. The number of hydrogen-bond donors (Lipinski definition) is 1. The lowest BCUT2D eigenvalue weighted by molar-refractivity contribution is -0.115. The number of anilines is 1. The second kappa shape index (κ2) is 7.98. The molecule has 3 heterocycles. The minimum atomic E-state index is -0.148. The van der Waals surface area contributed by atoms with Crippen LogP contribution in [-0.2, 0) is 17.6 Å². The third kappa shape index (κ3) is 3.99. The monoisotopic (exact) mass is 395 g/mol. The summed E-state index contributed by atoms with van der Waals surface area (Å²) in [5.41, 5.74) is 3.25. The van der Waals surface area contributed by atoms with Crippen molar-refractivity contribution in [3.05, 3.63) is 53.2 Å². The number of fused-ring (bicyclic) bond motifs is 1. The number of rotatable bonds is 6. The van der Waals surface area contributed by atoms with Gasteiger partial charge in [-0.2, -0.15) is 0 Å². The number of hydrogen-bond acceptors (Lipinski definition) is 6. The highest BCUT2D eigenvalue weighted by Gasteiger charge is 2.22. The van der Waals surface area contributed by atoms with Gasteiger partial charge in [0.15, 0.2) is 0 Å². The van der Waals surface area contributed by atoms with Crippen LogP contribution in [0.4, 0.5) is 5.69 Å². The minimum absolute atomic E-state index is 0.135. The Morgan fingerprint density at radius 3 is 3.07 bits per heavy atom. The molecular formula is C21H21N3O3S. The van der Waals surface area contributed by atoms with Crippen LogP contribution in [0.3, 0.4) is 0 Å². The van der Waals surface area contributed by atoms with Crippen molar-refractivity contribution in [2.24, 2.45) is 0 Å². The molecule has 2 aromatic heterocycles. The number of carbonyl (C=O) groups excluding carboxylic acids is 1. The second-order valence-electron chi connectivity index (χ2n) is 6.61. The molecule has 0 fully saturated rings. The first-order valence-corrected chi connectivity index (χ1v) is 10.1. The Bertz CT molecular complexity index is 988. The van der Waals surface area contributed by atoms with Gasteiger partial charge in [-0.1, -0.05) is 6.07 Å². The zero-order valence-electron chi connectivity index (χ0n) is 15.8. The van der Waals surface area contributed by atoms with Gasteiger partial charge in [0, 0.05) is 29.6 Å². The van der Waals surface area contributed by atoms with Gasteiger partial charge in [-0.3, -0.25) is 9.78 Å². The first-order chi connectivity index (χ1) is 13.6. The molecule has 0 bridgehead atoms. The van der Waals surface area contributed by atoms with Crippen molar-refractivity contribution < 1.29 is 14.3 Å². The summed E-state index contributed by atoms with van der Waals surface area (Å²) >= 11 is 1.48. The van der Waals surface area contributed by atoms with Crippen molar-refractivity contribution in [2.75, 3.05) is 11.9 Å². The molecule has 0 saturated carbocycles. The zero-order chi connectivity index (χ0) is 19.5. The fourth-order valence-electron chi connectivity index (χ4n) is 3.17. The van der Waals surface area contributed by atoms with E-state index >= 15 is 0 Å². The van der Waals surface area contributed by atoms with Gasteiger partial charge in [-0.15, -0.1) is 11.3 Å². The van der Waals surface area contributed by atoms with Crippen LogP contribution in [0, 0.1) is 0 Å². The summed E-state index contributed by atoms with van der Waals surface area (Å²) in [6.07, 6.45) is 2.90. The molecule has 1 unspecified atom stereocenters. The van der Waals surface area contributed by atoms with Gasteiger partial charge in [0.25, 0.3) is 0 Å². The molecule has 0 radical (unpaired) electrons. The van der Waals surface area contributed by atoms with Crippen molar-refractivity contribution in [1.82, 2.24) is 9.97 Å². The molecule has 3 aromatic rings. The Labute approximate surface area is 167 Å².